The number of piperidine rings is 1. The predicted octanol–water partition coefficient (Wildman–Crippen LogP) is 5.19. The molecule has 3 aliphatic heterocycles. The molecule has 14 atom stereocenters. The van der Waals surface area contributed by atoms with Gasteiger partial charge in [0.2, 0.25) is 5.79 Å². The number of fused-ring (bicyclic) bond motifs is 3. The number of nitrogens with zero attached hydrogens (tertiary/aromatic N) is 5. The Labute approximate surface area is 440 Å². The molecule has 2 saturated heterocycles. The standard InChI is InChI=1S/C53H80I2N5O10/c1-33-15-11-10-12-16-34(2)42(31-67-8)29-43-21-18-38(6)53(66,70-43)49(63)51(64)59-23-14-13-17-45(59)52(65)69-47(30-46(61)44(54)28-39(7)55-50(68-9)48(62)37(5)25-33)36(4)27-40-19-20-41(35(3)26-40)22-24-60-57-32-56-58-60/h10-12,15-16,28,32-33,35-38,40-45,47,50,66H,13-14,17-27,29-31H2,1-9H3/q-1/b12-10+,15-11+,34-16+,39-28+. The molecule has 14 unspecified atom stereocenters. The zero-order chi connectivity index (χ0) is 51.1. The number of ketones is 3. The van der Waals surface area contributed by atoms with Crippen LogP contribution in [0.3, 0.4) is 0 Å². The van der Waals surface area contributed by atoms with Crippen molar-refractivity contribution in [2.75, 3.05) is 27.4 Å². The number of cyclic esters (lactones) is 1. The number of methoxy groups -OCH3 is 2. The summed E-state index contributed by atoms with van der Waals surface area (Å²) in [7, 11) is 3.20. The molecule has 0 radical (unpaired) electrons. The summed E-state index contributed by atoms with van der Waals surface area (Å²) in [6.07, 6.45) is 20.4. The molecule has 1 aromatic rings. The number of carbonyl (C=O) groups excluding carboxylic acids is 5. The van der Waals surface area contributed by atoms with Crippen molar-refractivity contribution < 1.29 is 69.2 Å². The number of ether oxygens (including phenoxy) is 4. The minimum atomic E-state index is -2.38. The molecule has 1 N–H and O–H groups in total. The number of amides is 1. The van der Waals surface area contributed by atoms with Gasteiger partial charge in [-0.2, -0.15) is 4.80 Å². The van der Waals surface area contributed by atoms with Gasteiger partial charge >= 0.3 is 327 Å². The Balaban J connectivity index is 1.42. The van der Waals surface area contributed by atoms with Crippen molar-refractivity contribution in [3.8, 4) is 0 Å². The molecule has 15 nitrogen and oxygen atoms in total. The number of Topliss-reactive ketones (excluding diaryl/α,β-unsaturated/α-hetero) is 3. The van der Waals surface area contributed by atoms with Gasteiger partial charge in [0, 0.05) is 13.0 Å². The number of carbonyl (C=O) groups is 5. The molecule has 5 rings (SSSR count). The third-order valence-corrected chi connectivity index (χ3v) is 19.3. The van der Waals surface area contributed by atoms with Gasteiger partial charge in [-0.1, -0.05) is 6.92 Å². The molecule has 1 saturated carbocycles. The third kappa shape index (κ3) is 16.4. The van der Waals surface area contributed by atoms with E-state index in [-0.39, 0.29) is 54.6 Å². The van der Waals surface area contributed by atoms with Crippen molar-refractivity contribution in [1.29, 1.82) is 0 Å². The Hall–Kier alpha value is -2.72. The van der Waals surface area contributed by atoms with Gasteiger partial charge in [-0.05, 0) is 30.9 Å². The molecule has 0 aromatic carbocycles. The molecule has 4 heterocycles. The quantitative estimate of drug-likeness (QED) is 0.147. The Bertz CT molecular complexity index is 2030. The summed E-state index contributed by atoms with van der Waals surface area (Å²) in [6, 6.07) is -1.07. The summed E-state index contributed by atoms with van der Waals surface area (Å²) < 4.78 is 23.9. The molecule has 1 amide bonds. The van der Waals surface area contributed by atoms with Gasteiger partial charge in [0.15, 0.2) is 6.33 Å². The summed E-state index contributed by atoms with van der Waals surface area (Å²) in [5, 5.41) is 24.1. The van der Waals surface area contributed by atoms with E-state index < -0.39 is 76.9 Å². The second-order valence-electron chi connectivity index (χ2n) is 20.8. The van der Waals surface area contributed by atoms with Gasteiger partial charge in [-0.25, -0.2) is 0 Å². The molecule has 3 fully saturated rings. The zero-order valence-corrected chi connectivity index (χ0v) is 47.3. The van der Waals surface area contributed by atoms with Crippen molar-refractivity contribution in [2.45, 2.75) is 171 Å². The molecule has 17 heteroatoms. The number of hydrogen-bond donors (Lipinski definition) is 1. The van der Waals surface area contributed by atoms with E-state index in [9.17, 15) is 29.1 Å². The van der Waals surface area contributed by atoms with Crippen LogP contribution >= 0.6 is 22.6 Å². The zero-order valence-electron chi connectivity index (χ0n) is 43.0. The monoisotopic (exact) mass is 1200 g/mol. The number of aromatic nitrogens is 4. The van der Waals surface area contributed by atoms with E-state index in [4.69, 9.17) is 18.9 Å². The number of hydrogen-bond acceptors (Lipinski definition) is 13. The first kappa shape index (κ1) is 58.2. The van der Waals surface area contributed by atoms with Crippen LogP contribution in [-0.2, 0) is 49.5 Å². The number of allylic oxidation sites excluding steroid dienone is 7. The van der Waals surface area contributed by atoms with Gasteiger partial charge in [-0.3, -0.25) is 4.79 Å². The summed E-state index contributed by atoms with van der Waals surface area (Å²) in [4.78, 5) is 74.2. The van der Waals surface area contributed by atoms with Gasteiger partial charge < -0.3 is 14.6 Å². The topological polar surface area (TPSA) is 189 Å². The van der Waals surface area contributed by atoms with Crippen molar-refractivity contribution >= 4 is 51.8 Å². The first-order valence-corrected chi connectivity index (χ1v) is 29.1. The Morgan fingerprint density at radius 3 is 2.44 bits per heavy atom. The fourth-order valence-corrected chi connectivity index (χ4v) is 14.9. The van der Waals surface area contributed by atoms with Gasteiger partial charge in [0.05, 0.1) is 19.3 Å². The Morgan fingerprint density at radius 2 is 1.74 bits per heavy atom. The number of tetrazole rings is 1. The molecule has 392 valence electrons. The van der Waals surface area contributed by atoms with Crippen LogP contribution in [0.1, 0.15) is 132 Å². The van der Waals surface area contributed by atoms with E-state index in [0.717, 1.165) is 41.3 Å². The average molecular weight is 1200 g/mol. The average Bonchev–Trinajstić information content (AvgIpc) is 3.86. The van der Waals surface area contributed by atoms with Crippen LogP contribution in [0.5, 0.6) is 0 Å². The number of rotatable bonds is 9. The van der Waals surface area contributed by atoms with Crippen molar-refractivity contribution in [2.24, 2.45) is 47.3 Å². The van der Waals surface area contributed by atoms with E-state index in [2.05, 4.69) is 57.9 Å². The van der Waals surface area contributed by atoms with Gasteiger partial charge in [0.25, 0.3) is 0 Å². The summed E-state index contributed by atoms with van der Waals surface area (Å²) >= 11 is 1.22. The van der Waals surface area contributed by atoms with Gasteiger partial charge in [-0.15, -0.1) is 10.2 Å². The van der Waals surface area contributed by atoms with Crippen LogP contribution in [-0.4, -0.2) is 119 Å². The summed E-state index contributed by atoms with van der Waals surface area (Å²) in [6.45, 7) is 15.3. The second kappa shape index (κ2) is 28.1. The van der Waals surface area contributed by atoms with Crippen molar-refractivity contribution in [1.82, 2.24) is 25.1 Å². The predicted molar refractivity (Wildman–Crippen MR) is 271 cm³/mol. The Kier molecular flexibility index (Phi) is 23.3. The fourth-order valence-electron chi connectivity index (χ4n) is 10.8. The number of aliphatic hydroxyl groups is 1. The van der Waals surface area contributed by atoms with E-state index in [1.165, 1.54) is 11.2 Å². The number of halogens is 2. The third-order valence-electron chi connectivity index (χ3n) is 15.2. The van der Waals surface area contributed by atoms with E-state index in [1.807, 2.05) is 58.1 Å². The van der Waals surface area contributed by atoms with Crippen LogP contribution in [0.15, 0.2) is 51.9 Å². The van der Waals surface area contributed by atoms with Crippen molar-refractivity contribution in [3.63, 3.8) is 0 Å². The van der Waals surface area contributed by atoms with E-state index in [1.54, 1.807) is 25.9 Å². The molecule has 4 aliphatic rings. The first-order chi connectivity index (χ1) is 33.3. The normalized spacial score (nSPS) is 37.4. The fraction of sp³-hybridized carbons (Fsp3) is 0.736. The van der Waals surface area contributed by atoms with Gasteiger partial charge in [0.1, 0.15) is 0 Å². The summed E-state index contributed by atoms with van der Waals surface area (Å²) in [5.41, 5.74) is 1.03. The van der Waals surface area contributed by atoms with E-state index >= 15 is 0 Å². The number of esters is 1. The minimum absolute atomic E-state index is 0.0342. The molecular formula is C53H80I2N5O10-. The van der Waals surface area contributed by atoms with Crippen LogP contribution in [0.2, 0.25) is 0 Å². The van der Waals surface area contributed by atoms with E-state index in [0.29, 0.717) is 69.4 Å². The molecule has 2 bridgehead atoms. The van der Waals surface area contributed by atoms with Crippen LogP contribution in [0, 0.1) is 47.3 Å². The summed E-state index contributed by atoms with van der Waals surface area (Å²) in [5.74, 6) is -4.87. The SMILES string of the molecule is COCC1CC2CCC(C)C(O)(O2)C(=O)C(=O)N2CCCCC2C(=O)OC(C(C)CC2CCC(CCn3ncnn3)C(C)C2)CC(=O)C(I)/C=C(\C)[I-]C(OC)C(=O)C(C)CC(C)/C=C/C=C/C=C/1C. The Morgan fingerprint density at radius 1 is 0.971 bits per heavy atom. The van der Waals surface area contributed by atoms with Crippen LogP contribution in [0.4, 0.5) is 0 Å². The maximum atomic E-state index is 14.5. The van der Waals surface area contributed by atoms with Crippen LogP contribution in [0.25, 0.3) is 0 Å². The molecule has 1 aliphatic carbocycles. The molecule has 1 aromatic heterocycles. The number of aryl methyl sites for hydroxylation is 1. The molecule has 70 heavy (non-hydrogen) atoms. The first-order valence-electron chi connectivity index (χ1n) is 25.6. The van der Waals surface area contributed by atoms with Crippen molar-refractivity contribution in [3.05, 3.63) is 51.9 Å². The molecular weight excluding hydrogens is 1120 g/mol. The molecule has 0 spiro atoms. The van der Waals surface area contributed by atoms with Crippen LogP contribution < -0.4 is 21.2 Å². The number of alkyl halides is 2. The maximum absolute atomic E-state index is 14.5. The second-order valence-corrected chi connectivity index (χ2v) is 25.5.